The Morgan fingerprint density at radius 1 is 1.07 bits per heavy atom. The molecule has 0 unspecified atom stereocenters. The van der Waals surface area contributed by atoms with Crippen LogP contribution in [0.25, 0.3) is 33.7 Å². The molecule has 0 radical (unpaired) electrons. The average Bonchev–Trinajstić information content (AvgIpc) is 3.22. The first-order valence-corrected chi connectivity index (χ1v) is 9.33. The highest BCUT2D eigenvalue weighted by Crippen LogP contribution is 2.29. The van der Waals surface area contributed by atoms with Crippen molar-refractivity contribution in [2.75, 3.05) is 0 Å². The molecule has 28 heavy (non-hydrogen) atoms. The summed E-state index contributed by atoms with van der Waals surface area (Å²) in [6.45, 7) is 0. The van der Waals surface area contributed by atoms with Gasteiger partial charge in [-0.05, 0) is 28.5 Å². The van der Waals surface area contributed by atoms with Crippen LogP contribution in [-0.2, 0) is 0 Å². The van der Waals surface area contributed by atoms with Crippen LogP contribution >= 0.6 is 11.3 Å². The van der Waals surface area contributed by atoms with Crippen LogP contribution in [0.4, 0.5) is 5.69 Å². The zero-order chi connectivity index (χ0) is 19.5. The SMILES string of the molecule is N#C/C(=C\c1cccc([N+](=O)[O-])c1)c1nc(-c2ccc3ccccc3c2)cs1. The number of hydrogen-bond acceptors (Lipinski definition) is 5. The Labute approximate surface area is 165 Å². The summed E-state index contributed by atoms with van der Waals surface area (Å²) in [7, 11) is 0. The third-order valence-electron chi connectivity index (χ3n) is 4.29. The fraction of sp³-hybridized carbons (Fsp3) is 0. The Kier molecular flexibility index (Phi) is 4.67. The van der Waals surface area contributed by atoms with E-state index in [2.05, 4.69) is 29.3 Å². The van der Waals surface area contributed by atoms with E-state index in [-0.39, 0.29) is 5.69 Å². The summed E-state index contributed by atoms with van der Waals surface area (Å²) in [5, 5.41) is 25.3. The van der Waals surface area contributed by atoms with Crippen LogP contribution < -0.4 is 0 Å². The van der Waals surface area contributed by atoms with Crippen molar-refractivity contribution in [3.8, 4) is 17.3 Å². The first kappa shape index (κ1) is 17.6. The number of thiazole rings is 1. The molecule has 3 aromatic carbocycles. The zero-order valence-corrected chi connectivity index (χ0v) is 15.4. The lowest BCUT2D eigenvalue weighted by molar-refractivity contribution is -0.384. The molecule has 0 spiro atoms. The maximum absolute atomic E-state index is 10.9. The Bertz CT molecular complexity index is 1270. The highest BCUT2D eigenvalue weighted by molar-refractivity contribution is 7.11. The van der Waals surface area contributed by atoms with Gasteiger partial charge in [0, 0.05) is 23.1 Å². The third-order valence-corrected chi connectivity index (χ3v) is 5.17. The summed E-state index contributed by atoms with van der Waals surface area (Å²) >= 11 is 1.38. The topological polar surface area (TPSA) is 79.8 Å². The van der Waals surface area contributed by atoms with Gasteiger partial charge in [0.05, 0.1) is 16.2 Å². The van der Waals surface area contributed by atoms with Gasteiger partial charge in [0.25, 0.3) is 5.69 Å². The number of nitro benzene ring substituents is 1. The molecular formula is C22H13N3O2S. The number of nitriles is 1. The monoisotopic (exact) mass is 383 g/mol. The molecule has 4 rings (SSSR count). The molecule has 0 saturated heterocycles. The largest absolute Gasteiger partial charge is 0.270 e. The zero-order valence-electron chi connectivity index (χ0n) is 14.6. The lowest BCUT2D eigenvalue weighted by atomic mass is 10.1. The van der Waals surface area contributed by atoms with E-state index in [0.29, 0.717) is 16.1 Å². The molecule has 5 nitrogen and oxygen atoms in total. The van der Waals surface area contributed by atoms with Gasteiger partial charge < -0.3 is 0 Å². The Morgan fingerprint density at radius 2 is 1.89 bits per heavy atom. The van der Waals surface area contributed by atoms with Gasteiger partial charge in [-0.15, -0.1) is 11.3 Å². The molecule has 0 fully saturated rings. The van der Waals surface area contributed by atoms with Crippen LogP contribution in [-0.4, -0.2) is 9.91 Å². The molecule has 0 amide bonds. The number of fused-ring (bicyclic) bond motifs is 1. The number of allylic oxidation sites excluding steroid dienone is 1. The summed E-state index contributed by atoms with van der Waals surface area (Å²) in [6, 6.07) is 22.6. The highest BCUT2D eigenvalue weighted by atomic mass is 32.1. The van der Waals surface area contributed by atoms with Gasteiger partial charge in [-0.2, -0.15) is 5.26 Å². The van der Waals surface area contributed by atoms with Gasteiger partial charge in [0.15, 0.2) is 0 Å². The first-order chi connectivity index (χ1) is 13.6. The van der Waals surface area contributed by atoms with Crippen molar-refractivity contribution in [2.45, 2.75) is 0 Å². The second-order valence-electron chi connectivity index (χ2n) is 6.12. The highest BCUT2D eigenvalue weighted by Gasteiger charge is 2.11. The summed E-state index contributed by atoms with van der Waals surface area (Å²) in [5.74, 6) is 0. The minimum atomic E-state index is -0.454. The van der Waals surface area contributed by atoms with Crippen molar-refractivity contribution in [3.63, 3.8) is 0 Å². The summed E-state index contributed by atoms with van der Waals surface area (Å²) < 4.78 is 0. The number of non-ortho nitro benzene ring substituents is 1. The second kappa shape index (κ2) is 7.43. The first-order valence-electron chi connectivity index (χ1n) is 8.45. The van der Waals surface area contributed by atoms with Crippen LogP contribution in [0, 0.1) is 21.4 Å². The normalized spacial score (nSPS) is 11.3. The van der Waals surface area contributed by atoms with E-state index in [1.165, 1.54) is 23.5 Å². The number of benzene rings is 3. The fourth-order valence-electron chi connectivity index (χ4n) is 2.92. The number of nitrogens with zero attached hydrogens (tertiary/aromatic N) is 3. The molecule has 0 atom stereocenters. The molecule has 1 heterocycles. The van der Waals surface area contributed by atoms with Crippen molar-refractivity contribution in [1.82, 2.24) is 4.98 Å². The molecule has 0 bridgehead atoms. The smallest absolute Gasteiger partial charge is 0.258 e. The molecule has 0 saturated carbocycles. The quantitative estimate of drug-likeness (QED) is 0.248. The van der Waals surface area contributed by atoms with Crippen LogP contribution in [0.5, 0.6) is 0 Å². The van der Waals surface area contributed by atoms with Crippen LogP contribution in [0.15, 0.2) is 72.1 Å². The van der Waals surface area contributed by atoms with E-state index in [9.17, 15) is 15.4 Å². The molecule has 134 valence electrons. The molecular weight excluding hydrogens is 370 g/mol. The summed E-state index contributed by atoms with van der Waals surface area (Å²) in [4.78, 5) is 15.1. The van der Waals surface area contributed by atoms with E-state index in [1.54, 1.807) is 18.2 Å². The van der Waals surface area contributed by atoms with Crippen LogP contribution in [0.1, 0.15) is 10.6 Å². The fourth-order valence-corrected chi connectivity index (χ4v) is 3.71. The van der Waals surface area contributed by atoms with E-state index in [4.69, 9.17) is 0 Å². The number of rotatable bonds is 4. The lowest BCUT2D eigenvalue weighted by Crippen LogP contribution is -1.88. The number of hydrogen-bond donors (Lipinski definition) is 0. The second-order valence-corrected chi connectivity index (χ2v) is 6.98. The van der Waals surface area contributed by atoms with Crippen molar-refractivity contribution < 1.29 is 4.92 Å². The molecule has 0 aliphatic rings. The van der Waals surface area contributed by atoms with E-state index in [1.807, 2.05) is 29.6 Å². The molecule has 0 aliphatic heterocycles. The van der Waals surface area contributed by atoms with Crippen LogP contribution in [0.3, 0.4) is 0 Å². The minimum Gasteiger partial charge on any atom is -0.258 e. The maximum atomic E-state index is 10.9. The molecule has 0 aliphatic carbocycles. The van der Waals surface area contributed by atoms with Crippen molar-refractivity contribution in [1.29, 1.82) is 5.26 Å². The van der Waals surface area contributed by atoms with Gasteiger partial charge in [0.2, 0.25) is 0 Å². The van der Waals surface area contributed by atoms with E-state index >= 15 is 0 Å². The van der Waals surface area contributed by atoms with Crippen molar-refractivity contribution >= 4 is 39.4 Å². The summed E-state index contributed by atoms with van der Waals surface area (Å²) in [6.07, 6.45) is 1.62. The van der Waals surface area contributed by atoms with Gasteiger partial charge >= 0.3 is 0 Å². The standard InChI is InChI=1S/C22H13N3O2S/c23-13-19(10-15-4-3-7-20(11-15)25(26)27)22-24-21(14-28-22)18-9-8-16-5-1-2-6-17(16)12-18/h1-12,14H/b19-10+. The average molecular weight is 383 g/mol. The van der Waals surface area contributed by atoms with Gasteiger partial charge in [-0.1, -0.05) is 48.5 Å². The molecule has 6 heteroatoms. The number of aromatic nitrogens is 1. The minimum absolute atomic E-state index is 0.0120. The Balaban J connectivity index is 1.69. The maximum Gasteiger partial charge on any atom is 0.270 e. The van der Waals surface area contributed by atoms with E-state index in [0.717, 1.165) is 22.0 Å². The predicted octanol–water partition coefficient (Wildman–Crippen LogP) is 5.94. The molecule has 1 aromatic heterocycles. The summed E-state index contributed by atoms with van der Waals surface area (Å²) in [5.41, 5.74) is 2.73. The molecule has 4 aromatic rings. The van der Waals surface area contributed by atoms with Crippen molar-refractivity contribution in [3.05, 3.63) is 92.8 Å². The van der Waals surface area contributed by atoms with Crippen LogP contribution in [0.2, 0.25) is 0 Å². The third kappa shape index (κ3) is 3.52. The molecule has 0 N–H and O–H groups in total. The Hall–Kier alpha value is -3.82. The number of nitro groups is 1. The Morgan fingerprint density at radius 3 is 2.68 bits per heavy atom. The van der Waals surface area contributed by atoms with Crippen molar-refractivity contribution in [2.24, 2.45) is 0 Å². The van der Waals surface area contributed by atoms with Gasteiger partial charge in [-0.25, -0.2) is 4.98 Å². The van der Waals surface area contributed by atoms with E-state index < -0.39 is 4.92 Å². The lowest BCUT2D eigenvalue weighted by Gasteiger charge is -2.01. The van der Waals surface area contributed by atoms with Gasteiger partial charge in [0.1, 0.15) is 11.1 Å². The predicted molar refractivity (Wildman–Crippen MR) is 112 cm³/mol. The van der Waals surface area contributed by atoms with Gasteiger partial charge in [-0.3, -0.25) is 10.1 Å².